The van der Waals surface area contributed by atoms with Gasteiger partial charge in [-0.15, -0.1) is 0 Å². The van der Waals surface area contributed by atoms with Crippen LogP contribution in [-0.2, 0) is 11.3 Å². The van der Waals surface area contributed by atoms with Crippen molar-refractivity contribution >= 4 is 17.6 Å². The third-order valence-electron chi connectivity index (χ3n) is 4.34. The number of carbonyl (C=O) groups is 1. The Bertz CT molecular complexity index is 574. The summed E-state index contributed by atoms with van der Waals surface area (Å²) in [7, 11) is 0. The number of benzene rings is 1. The molecule has 5 nitrogen and oxygen atoms in total. The van der Waals surface area contributed by atoms with Gasteiger partial charge in [-0.2, -0.15) is 0 Å². The largest absolute Gasteiger partial charge is 0.370 e. The minimum absolute atomic E-state index is 0.0487. The fourth-order valence-electron chi connectivity index (χ4n) is 2.84. The van der Waals surface area contributed by atoms with Gasteiger partial charge in [0, 0.05) is 25.2 Å². The van der Waals surface area contributed by atoms with Gasteiger partial charge in [0.2, 0.25) is 5.91 Å². The Balaban J connectivity index is 1.91. The van der Waals surface area contributed by atoms with E-state index in [1.54, 1.807) is 0 Å². The Labute approximate surface area is 145 Å². The Morgan fingerprint density at radius 3 is 2.75 bits per heavy atom. The summed E-state index contributed by atoms with van der Waals surface area (Å²) in [6.07, 6.45) is 2.88. The van der Waals surface area contributed by atoms with Gasteiger partial charge in [-0.1, -0.05) is 32.9 Å². The second-order valence-electron chi connectivity index (χ2n) is 7.19. The number of guanidine groups is 1. The molecule has 0 bridgehead atoms. The molecular formula is C19H30N4O. The molecule has 0 aliphatic carbocycles. The highest BCUT2D eigenvalue weighted by Gasteiger charge is 2.16. The summed E-state index contributed by atoms with van der Waals surface area (Å²) in [5.74, 6) is 1.80. The van der Waals surface area contributed by atoms with Crippen molar-refractivity contribution < 1.29 is 4.79 Å². The van der Waals surface area contributed by atoms with Crippen LogP contribution in [0.15, 0.2) is 29.3 Å². The standard InChI is InChI=1S/C19H30N4O/c1-14(2)11-18(24)22-17-6-4-5-16(12-17)13-21-19(20)23-9-7-15(3)8-10-23/h4-6,12,14-15H,7-11,13H2,1-3H3,(H2,20,21)(H,22,24). The minimum Gasteiger partial charge on any atom is -0.370 e. The van der Waals surface area contributed by atoms with Gasteiger partial charge in [0.25, 0.3) is 0 Å². The van der Waals surface area contributed by atoms with Crippen LogP contribution in [0, 0.1) is 11.8 Å². The molecule has 1 saturated heterocycles. The maximum atomic E-state index is 11.9. The third-order valence-corrected chi connectivity index (χ3v) is 4.34. The van der Waals surface area contributed by atoms with Crippen LogP contribution in [0.2, 0.25) is 0 Å². The molecule has 0 atom stereocenters. The second-order valence-corrected chi connectivity index (χ2v) is 7.19. The number of piperidine rings is 1. The third kappa shape index (κ3) is 5.87. The molecule has 3 N–H and O–H groups in total. The highest BCUT2D eigenvalue weighted by atomic mass is 16.1. The zero-order chi connectivity index (χ0) is 17.5. The number of likely N-dealkylation sites (tertiary alicyclic amines) is 1. The van der Waals surface area contributed by atoms with E-state index < -0.39 is 0 Å². The van der Waals surface area contributed by atoms with Gasteiger partial charge in [0.05, 0.1) is 6.54 Å². The summed E-state index contributed by atoms with van der Waals surface area (Å²) in [6, 6.07) is 7.82. The Hall–Kier alpha value is -2.04. The number of nitrogens with zero attached hydrogens (tertiary/aromatic N) is 2. The lowest BCUT2D eigenvalue weighted by Crippen LogP contribution is -2.42. The van der Waals surface area contributed by atoms with Crippen LogP contribution < -0.4 is 11.1 Å². The number of anilines is 1. The molecule has 132 valence electrons. The molecule has 0 aromatic heterocycles. The van der Waals surface area contributed by atoms with Gasteiger partial charge < -0.3 is 16.0 Å². The van der Waals surface area contributed by atoms with E-state index >= 15 is 0 Å². The topological polar surface area (TPSA) is 70.7 Å². The van der Waals surface area contributed by atoms with Gasteiger partial charge in [0.15, 0.2) is 5.96 Å². The number of nitrogens with two attached hydrogens (primary N) is 1. The molecule has 1 aromatic carbocycles. The van der Waals surface area contributed by atoms with E-state index in [9.17, 15) is 4.79 Å². The van der Waals surface area contributed by atoms with Crippen LogP contribution in [0.4, 0.5) is 5.69 Å². The van der Waals surface area contributed by atoms with Crippen LogP contribution in [-0.4, -0.2) is 29.9 Å². The Kier molecular flexibility index (Phi) is 6.64. The molecule has 24 heavy (non-hydrogen) atoms. The van der Waals surface area contributed by atoms with E-state index in [0.717, 1.165) is 30.3 Å². The molecule has 2 rings (SSSR count). The zero-order valence-corrected chi connectivity index (χ0v) is 15.1. The van der Waals surface area contributed by atoms with Crippen LogP contribution in [0.1, 0.15) is 45.6 Å². The Morgan fingerprint density at radius 2 is 2.08 bits per heavy atom. The van der Waals surface area contributed by atoms with Crippen molar-refractivity contribution in [2.24, 2.45) is 22.6 Å². The summed E-state index contributed by atoms with van der Waals surface area (Å²) in [5, 5.41) is 2.94. The summed E-state index contributed by atoms with van der Waals surface area (Å²) < 4.78 is 0. The van der Waals surface area contributed by atoms with Gasteiger partial charge >= 0.3 is 0 Å². The number of hydrogen-bond acceptors (Lipinski definition) is 2. The minimum atomic E-state index is 0.0487. The normalized spacial score (nSPS) is 16.5. The number of aliphatic imine (C=N–C) groups is 1. The van der Waals surface area contributed by atoms with Crippen molar-refractivity contribution in [1.82, 2.24) is 4.90 Å². The zero-order valence-electron chi connectivity index (χ0n) is 15.1. The molecule has 1 aliphatic rings. The average molecular weight is 330 g/mol. The van der Waals surface area contributed by atoms with E-state index in [1.807, 2.05) is 38.1 Å². The highest BCUT2D eigenvalue weighted by molar-refractivity contribution is 5.90. The van der Waals surface area contributed by atoms with Gasteiger partial charge in [-0.05, 0) is 42.4 Å². The monoisotopic (exact) mass is 330 g/mol. The number of nitrogens with one attached hydrogen (secondary N) is 1. The first-order valence-electron chi connectivity index (χ1n) is 8.87. The van der Waals surface area contributed by atoms with Gasteiger partial charge in [0.1, 0.15) is 0 Å². The number of amides is 1. The lowest BCUT2D eigenvalue weighted by molar-refractivity contribution is -0.116. The molecule has 1 amide bonds. The number of carbonyl (C=O) groups excluding carboxylic acids is 1. The second kappa shape index (κ2) is 8.71. The van der Waals surface area contributed by atoms with Crippen molar-refractivity contribution in [2.45, 2.75) is 46.6 Å². The predicted octanol–water partition coefficient (Wildman–Crippen LogP) is 3.22. The Morgan fingerprint density at radius 1 is 1.38 bits per heavy atom. The van der Waals surface area contributed by atoms with Crippen LogP contribution in [0.5, 0.6) is 0 Å². The van der Waals surface area contributed by atoms with Crippen LogP contribution in [0.25, 0.3) is 0 Å². The maximum absolute atomic E-state index is 11.9. The SMILES string of the molecule is CC(C)CC(=O)Nc1cccc(CN=C(N)N2CCC(C)CC2)c1. The van der Waals surface area contributed by atoms with Crippen LogP contribution in [0.3, 0.4) is 0 Å². The fourth-order valence-corrected chi connectivity index (χ4v) is 2.84. The lowest BCUT2D eigenvalue weighted by atomic mass is 10.00. The van der Waals surface area contributed by atoms with E-state index in [1.165, 1.54) is 12.8 Å². The van der Waals surface area contributed by atoms with Crippen molar-refractivity contribution in [3.8, 4) is 0 Å². The molecule has 0 unspecified atom stereocenters. The fraction of sp³-hybridized carbons (Fsp3) is 0.579. The number of rotatable bonds is 5. The van der Waals surface area contributed by atoms with Crippen molar-refractivity contribution in [3.05, 3.63) is 29.8 Å². The smallest absolute Gasteiger partial charge is 0.224 e. The van der Waals surface area contributed by atoms with Gasteiger partial charge in [-0.3, -0.25) is 4.79 Å². The van der Waals surface area contributed by atoms with E-state index in [4.69, 9.17) is 5.73 Å². The van der Waals surface area contributed by atoms with Crippen molar-refractivity contribution in [2.75, 3.05) is 18.4 Å². The van der Waals surface area contributed by atoms with E-state index in [2.05, 4.69) is 22.1 Å². The first-order chi connectivity index (χ1) is 11.4. The first-order valence-corrected chi connectivity index (χ1v) is 8.87. The highest BCUT2D eigenvalue weighted by Crippen LogP contribution is 2.16. The molecule has 0 spiro atoms. The predicted molar refractivity (Wildman–Crippen MR) is 99.8 cm³/mol. The van der Waals surface area contributed by atoms with Crippen LogP contribution >= 0.6 is 0 Å². The summed E-state index contributed by atoms with van der Waals surface area (Å²) in [4.78, 5) is 18.5. The first kappa shape index (κ1) is 18.3. The van der Waals surface area contributed by atoms with Crippen molar-refractivity contribution in [1.29, 1.82) is 0 Å². The van der Waals surface area contributed by atoms with E-state index in [0.29, 0.717) is 24.8 Å². The molecule has 1 aliphatic heterocycles. The maximum Gasteiger partial charge on any atom is 0.224 e. The summed E-state index contributed by atoms with van der Waals surface area (Å²) in [6.45, 7) is 8.86. The number of hydrogen-bond donors (Lipinski definition) is 2. The van der Waals surface area contributed by atoms with Crippen molar-refractivity contribution in [3.63, 3.8) is 0 Å². The van der Waals surface area contributed by atoms with Gasteiger partial charge in [-0.25, -0.2) is 4.99 Å². The van der Waals surface area contributed by atoms with E-state index in [-0.39, 0.29) is 5.91 Å². The quantitative estimate of drug-likeness (QED) is 0.643. The lowest BCUT2D eigenvalue weighted by Gasteiger charge is -2.31. The summed E-state index contributed by atoms with van der Waals surface area (Å²) in [5.41, 5.74) is 7.99. The average Bonchev–Trinajstić information content (AvgIpc) is 2.53. The molecule has 5 heteroatoms. The molecule has 0 radical (unpaired) electrons. The molecule has 1 aromatic rings. The molecule has 0 saturated carbocycles. The summed E-state index contributed by atoms with van der Waals surface area (Å²) >= 11 is 0. The molecule has 1 heterocycles. The molecule has 1 fully saturated rings. The molecular weight excluding hydrogens is 300 g/mol.